The van der Waals surface area contributed by atoms with Gasteiger partial charge in [0.25, 0.3) is 0 Å². The van der Waals surface area contributed by atoms with Crippen molar-refractivity contribution in [2.24, 2.45) is 5.73 Å². The molecule has 2 unspecified atom stereocenters. The van der Waals surface area contributed by atoms with Crippen LogP contribution in [0.2, 0.25) is 0 Å². The quantitative estimate of drug-likeness (QED) is 0.851. The molecule has 2 nitrogen and oxygen atoms in total. The van der Waals surface area contributed by atoms with E-state index in [1.165, 1.54) is 24.1 Å². The number of hydrogen-bond donors (Lipinski definition) is 1. The average Bonchev–Trinajstić information content (AvgIpc) is 2.85. The number of hydrogen-bond acceptors (Lipinski definition) is 3. The van der Waals surface area contributed by atoms with Gasteiger partial charge in [-0.1, -0.05) is 13.0 Å². The summed E-state index contributed by atoms with van der Waals surface area (Å²) < 4.78 is 0. The highest BCUT2D eigenvalue weighted by Gasteiger charge is 2.26. The Hall–Kier alpha value is -0.380. The van der Waals surface area contributed by atoms with E-state index >= 15 is 0 Å². The first-order valence-corrected chi connectivity index (χ1v) is 6.69. The molecule has 0 aliphatic heterocycles. The molecule has 0 aromatic carbocycles. The minimum Gasteiger partial charge on any atom is -0.328 e. The van der Waals surface area contributed by atoms with E-state index < -0.39 is 0 Å². The van der Waals surface area contributed by atoms with Crippen LogP contribution in [0.5, 0.6) is 0 Å². The Morgan fingerprint density at radius 1 is 1.53 bits per heavy atom. The number of nitrogens with zero attached hydrogens (tertiary/aromatic N) is 1. The lowest BCUT2D eigenvalue weighted by atomic mass is 10.2. The molecule has 0 saturated heterocycles. The molecule has 0 bridgehead atoms. The van der Waals surface area contributed by atoms with Crippen molar-refractivity contribution >= 4 is 11.3 Å². The Morgan fingerprint density at radius 3 is 2.93 bits per heavy atom. The number of thiophene rings is 1. The number of rotatable bonds is 4. The van der Waals surface area contributed by atoms with Crippen molar-refractivity contribution in [1.29, 1.82) is 0 Å². The van der Waals surface area contributed by atoms with Gasteiger partial charge in [0.15, 0.2) is 0 Å². The topological polar surface area (TPSA) is 29.3 Å². The fourth-order valence-electron chi connectivity index (χ4n) is 2.43. The third-order valence-corrected chi connectivity index (χ3v) is 4.17. The van der Waals surface area contributed by atoms with Gasteiger partial charge >= 0.3 is 0 Å². The molecule has 0 radical (unpaired) electrons. The van der Waals surface area contributed by atoms with Gasteiger partial charge in [0.1, 0.15) is 0 Å². The molecule has 15 heavy (non-hydrogen) atoms. The van der Waals surface area contributed by atoms with Crippen molar-refractivity contribution in [3.63, 3.8) is 0 Å². The summed E-state index contributed by atoms with van der Waals surface area (Å²) in [5, 5.41) is 2.16. The van der Waals surface area contributed by atoms with Gasteiger partial charge in [-0.15, -0.1) is 11.3 Å². The molecule has 1 aromatic heterocycles. The Balaban J connectivity index is 1.92. The van der Waals surface area contributed by atoms with E-state index in [9.17, 15) is 0 Å². The van der Waals surface area contributed by atoms with Gasteiger partial charge in [-0.2, -0.15) is 0 Å². The van der Waals surface area contributed by atoms with Gasteiger partial charge in [-0.25, -0.2) is 0 Å². The third-order valence-electron chi connectivity index (χ3n) is 3.31. The van der Waals surface area contributed by atoms with Crippen molar-refractivity contribution in [3.05, 3.63) is 22.4 Å². The Kier molecular flexibility index (Phi) is 3.78. The first-order valence-electron chi connectivity index (χ1n) is 5.81. The molecule has 1 aliphatic rings. The predicted octanol–water partition coefficient (Wildman–Crippen LogP) is 2.45. The molecule has 1 aromatic rings. The molecule has 1 heterocycles. The fourth-order valence-corrected chi connectivity index (χ4v) is 3.15. The van der Waals surface area contributed by atoms with Crippen molar-refractivity contribution in [1.82, 2.24) is 4.90 Å². The molecular formula is C12H20N2S. The first kappa shape index (κ1) is 11.1. The van der Waals surface area contributed by atoms with Crippen LogP contribution >= 0.6 is 11.3 Å². The predicted molar refractivity (Wildman–Crippen MR) is 66.0 cm³/mol. The van der Waals surface area contributed by atoms with E-state index in [1.54, 1.807) is 0 Å². The third kappa shape index (κ3) is 2.80. The van der Waals surface area contributed by atoms with Crippen LogP contribution in [0.25, 0.3) is 0 Å². The summed E-state index contributed by atoms with van der Waals surface area (Å²) in [7, 11) is 0. The number of nitrogens with two attached hydrogens (primary N) is 1. The molecule has 2 N–H and O–H groups in total. The van der Waals surface area contributed by atoms with Gasteiger partial charge in [-0.3, -0.25) is 4.90 Å². The van der Waals surface area contributed by atoms with Crippen LogP contribution in [0, 0.1) is 0 Å². The van der Waals surface area contributed by atoms with E-state index in [2.05, 4.69) is 29.3 Å². The van der Waals surface area contributed by atoms with Crippen LogP contribution in [0.15, 0.2) is 17.5 Å². The van der Waals surface area contributed by atoms with Gasteiger partial charge in [-0.05, 0) is 37.3 Å². The molecule has 2 rings (SSSR count). The molecule has 84 valence electrons. The Bertz CT molecular complexity index is 284. The van der Waals surface area contributed by atoms with Crippen molar-refractivity contribution in [2.45, 2.75) is 44.8 Å². The van der Waals surface area contributed by atoms with E-state index in [1.807, 2.05) is 11.3 Å². The van der Waals surface area contributed by atoms with Crippen LogP contribution in [0.1, 0.15) is 31.1 Å². The second-order valence-electron chi connectivity index (χ2n) is 4.37. The van der Waals surface area contributed by atoms with Gasteiger partial charge in [0.2, 0.25) is 0 Å². The largest absolute Gasteiger partial charge is 0.328 e. The van der Waals surface area contributed by atoms with Gasteiger partial charge < -0.3 is 5.73 Å². The summed E-state index contributed by atoms with van der Waals surface area (Å²) in [6.07, 6.45) is 3.66. The zero-order chi connectivity index (χ0) is 10.7. The zero-order valence-electron chi connectivity index (χ0n) is 9.36. The minimum atomic E-state index is 0.437. The standard InChI is InChI=1S/C12H20N2S/c1-2-14(9-12-4-3-7-15-12)11-6-5-10(13)8-11/h3-4,7,10-11H,2,5-6,8-9,13H2,1H3. The molecule has 0 spiro atoms. The smallest absolute Gasteiger partial charge is 0.0330 e. The van der Waals surface area contributed by atoms with Crippen molar-refractivity contribution < 1.29 is 0 Å². The SMILES string of the molecule is CCN(Cc1cccs1)C1CCC(N)C1. The minimum absolute atomic E-state index is 0.437. The lowest BCUT2D eigenvalue weighted by Crippen LogP contribution is -2.33. The van der Waals surface area contributed by atoms with E-state index in [-0.39, 0.29) is 0 Å². The molecule has 3 heteroatoms. The highest BCUT2D eigenvalue weighted by Crippen LogP contribution is 2.25. The van der Waals surface area contributed by atoms with Gasteiger partial charge in [0, 0.05) is 23.5 Å². The maximum absolute atomic E-state index is 5.97. The lowest BCUT2D eigenvalue weighted by Gasteiger charge is -2.26. The zero-order valence-corrected chi connectivity index (χ0v) is 10.2. The Morgan fingerprint density at radius 2 is 2.40 bits per heavy atom. The average molecular weight is 224 g/mol. The second kappa shape index (κ2) is 5.10. The summed E-state index contributed by atoms with van der Waals surface area (Å²) >= 11 is 1.85. The highest BCUT2D eigenvalue weighted by atomic mass is 32.1. The Labute approximate surface area is 96.1 Å². The van der Waals surface area contributed by atoms with Gasteiger partial charge in [0.05, 0.1) is 0 Å². The van der Waals surface area contributed by atoms with E-state index in [4.69, 9.17) is 5.73 Å². The first-order chi connectivity index (χ1) is 7.29. The molecule has 1 aliphatic carbocycles. The summed E-state index contributed by atoms with van der Waals surface area (Å²) in [6, 6.07) is 5.51. The maximum Gasteiger partial charge on any atom is 0.0330 e. The van der Waals surface area contributed by atoms with Crippen molar-refractivity contribution in [3.8, 4) is 0 Å². The molecule has 1 fully saturated rings. The van der Waals surface area contributed by atoms with E-state index in [0.29, 0.717) is 12.1 Å². The summed E-state index contributed by atoms with van der Waals surface area (Å²) in [5.74, 6) is 0. The normalized spacial score (nSPS) is 26.3. The summed E-state index contributed by atoms with van der Waals surface area (Å²) in [5.41, 5.74) is 5.97. The van der Waals surface area contributed by atoms with Crippen molar-refractivity contribution in [2.75, 3.05) is 6.54 Å². The monoisotopic (exact) mass is 224 g/mol. The lowest BCUT2D eigenvalue weighted by molar-refractivity contribution is 0.200. The van der Waals surface area contributed by atoms with Crippen LogP contribution < -0.4 is 5.73 Å². The van der Waals surface area contributed by atoms with E-state index in [0.717, 1.165) is 13.1 Å². The maximum atomic E-state index is 5.97. The fraction of sp³-hybridized carbons (Fsp3) is 0.667. The molecule has 2 atom stereocenters. The summed E-state index contributed by atoms with van der Waals surface area (Å²) in [4.78, 5) is 4.04. The van der Waals surface area contributed by atoms with Crippen LogP contribution in [-0.4, -0.2) is 23.5 Å². The highest BCUT2D eigenvalue weighted by molar-refractivity contribution is 7.09. The molecule has 1 saturated carbocycles. The van der Waals surface area contributed by atoms with Crippen LogP contribution in [0.4, 0.5) is 0 Å². The molecular weight excluding hydrogens is 204 g/mol. The summed E-state index contributed by atoms with van der Waals surface area (Å²) in [6.45, 7) is 4.48. The van der Waals surface area contributed by atoms with Crippen LogP contribution in [0.3, 0.4) is 0 Å². The molecule has 0 amide bonds. The van der Waals surface area contributed by atoms with Crippen LogP contribution in [-0.2, 0) is 6.54 Å². The second-order valence-corrected chi connectivity index (χ2v) is 5.40.